The summed E-state index contributed by atoms with van der Waals surface area (Å²) in [6, 6.07) is 13.7. The zero-order valence-corrected chi connectivity index (χ0v) is 16.0. The van der Waals surface area contributed by atoms with Crippen molar-refractivity contribution in [2.24, 2.45) is 5.92 Å². The second-order valence-electron chi connectivity index (χ2n) is 7.31. The number of anilines is 1. The summed E-state index contributed by atoms with van der Waals surface area (Å²) in [5.41, 5.74) is 8.17. The van der Waals surface area contributed by atoms with Gasteiger partial charge in [-0.2, -0.15) is 4.31 Å². The van der Waals surface area contributed by atoms with E-state index < -0.39 is 22.4 Å². The van der Waals surface area contributed by atoms with Gasteiger partial charge in [0.2, 0.25) is 10.0 Å². The fourth-order valence-corrected chi connectivity index (χ4v) is 6.17. The molecule has 1 saturated carbocycles. The van der Waals surface area contributed by atoms with E-state index in [0.717, 1.165) is 30.4 Å². The van der Waals surface area contributed by atoms with Crippen molar-refractivity contribution in [3.63, 3.8) is 0 Å². The highest BCUT2D eigenvalue weighted by atomic mass is 32.2. The Morgan fingerprint density at radius 1 is 1.04 bits per heavy atom. The topological polar surface area (TPSA) is 110 Å². The maximum atomic E-state index is 13.3. The monoisotopic (exact) mass is 402 g/mol. The lowest BCUT2D eigenvalue weighted by Crippen LogP contribution is -2.43. The van der Waals surface area contributed by atoms with Crippen molar-refractivity contribution in [2.75, 3.05) is 5.73 Å². The zero-order valence-electron chi connectivity index (χ0n) is 15.2. The Bertz CT molecular complexity index is 973. The predicted molar refractivity (Wildman–Crippen MR) is 104 cm³/mol. The molecule has 3 unspecified atom stereocenters. The standard InChI is InChI=1S/C20H22N2O5S/c21-16-8-4-13(5-9-16)14-6-10-17(11-7-14)28(25,26)22-18-3-1-2-15(18)12-19(22)27-20(23)24/h4-11,15,18-19H,1-3,12,21H2,(H,23,24). The second kappa shape index (κ2) is 7.10. The van der Waals surface area contributed by atoms with E-state index >= 15 is 0 Å². The Balaban J connectivity index is 1.64. The van der Waals surface area contributed by atoms with Crippen LogP contribution in [0.3, 0.4) is 0 Å². The third-order valence-corrected chi connectivity index (χ3v) is 7.57. The lowest BCUT2D eigenvalue weighted by atomic mass is 10.0. The van der Waals surface area contributed by atoms with E-state index in [9.17, 15) is 13.2 Å². The highest BCUT2D eigenvalue weighted by Gasteiger charge is 2.51. The summed E-state index contributed by atoms with van der Waals surface area (Å²) in [5, 5.41) is 9.02. The summed E-state index contributed by atoms with van der Waals surface area (Å²) in [6.07, 6.45) is 0.564. The van der Waals surface area contributed by atoms with E-state index in [1.165, 1.54) is 4.31 Å². The molecule has 28 heavy (non-hydrogen) atoms. The van der Waals surface area contributed by atoms with Crippen molar-refractivity contribution in [3.05, 3.63) is 48.5 Å². The van der Waals surface area contributed by atoms with Gasteiger partial charge >= 0.3 is 6.16 Å². The van der Waals surface area contributed by atoms with Gasteiger partial charge in [0.25, 0.3) is 0 Å². The van der Waals surface area contributed by atoms with E-state index in [1.54, 1.807) is 36.4 Å². The lowest BCUT2D eigenvalue weighted by molar-refractivity contribution is 0.00937. The first kappa shape index (κ1) is 18.8. The summed E-state index contributed by atoms with van der Waals surface area (Å²) in [5.74, 6) is 0.146. The lowest BCUT2D eigenvalue weighted by Gasteiger charge is -2.27. The van der Waals surface area contributed by atoms with E-state index in [2.05, 4.69) is 0 Å². The SMILES string of the molecule is Nc1ccc(-c2ccc(S(=O)(=O)N3C(OC(=O)O)CC4CCCC43)cc2)cc1. The average Bonchev–Trinajstić information content (AvgIpc) is 3.22. The quantitative estimate of drug-likeness (QED) is 0.598. The molecule has 0 amide bonds. The van der Waals surface area contributed by atoms with Crippen molar-refractivity contribution in [1.82, 2.24) is 4.31 Å². The molecular weight excluding hydrogens is 380 g/mol. The van der Waals surface area contributed by atoms with Crippen molar-refractivity contribution in [2.45, 2.75) is 42.8 Å². The predicted octanol–water partition coefficient (Wildman–Crippen LogP) is 3.52. The summed E-state index contributed by atoms with van der Waals surface area (Å²) in [7, 11) is -3.87. The van der Waals surface area contributed by atoms with Crippen LogP contribution in [0.5, 0.6) is 0 Å². The molecule has 3 N–H and O–H groups in total. The number of nitrogens with two attached hydrogens (primary N) is 1. The average molecular weight is 402 g/mol. The number of fused-ring (bicyclic) bond motifs is 1. The van der Waals surface area contributed by atoms with Gasteiger partial charge in [0.05, 0.1) is 4.90 Å². The van der Waals surface area contributed by atoms with Gasteiger partial charge in [-0.3, -0.25) is 0 Å². The number of benzene rings is 2. The first-order valence-corrected chi connectivity index (χ1v) is 10.7. The van der Waals surface area contributed by atoms with Gasteiger partial charge in [0.1, 0.15) is 0 Å². The molecule has 0 bridgehead atoms. The highest BCUT2D eigenvalue weighted by Crippen LogP contribution is 2.44. The molecule has 1 aliphatic carbocycles. The number of nitrogen functional groups attached to an aromatic ring is 1. The Hall–Kier alpha value is -2.58. The summed E-state index contributed by atoms with van der Waals surface area (Å²) >= 11 is 0. The third kappa shape index (κ3) is 3.33. The highest BCUT2D eigenvalue weighted by molar-refractivity contribution is 7.89. The molecule has 0 spiro atoms. The minimum atomic E-state index is -3.87. The van der Waals surface area contributed by atoms with Gasteiger partial charge in [0.15, 0.2) is 6.23 Å². The van der Waals surface area contributed by atoms with Crippen molar-refractivity contribution >= 4 is 21.9 Å². The van der Waals surface area contributed by atoms with Crippen LogP contribution >= 0.6 is 0 Å². The Kier molecular flexibility index (Phi) is 4.76. The summed E-state index contributed by atoms with van der Waals surface area (Å²) < 4.78 is 32.8. The molecule has 0 aromatic heterocycles. The molecule has 2 aromatic rings. The van der Waals surface area contributed by atoms with Gasteiger partial charge in [-0.05, 0) is 54.2 Å². The van der Waals surface area contributed by atoms with Crippen LogP contribution in [0.2, 0.25) is 0 Å². The molecule has 2 aromatic carbocycles. The largest absolute Gasteiger partial charge is 0.507 e. The number of hydrogen-bond donors (Lipinski definition) is 2. The van der Waals surface area contributed by atoms with Crippen molar-refractivity contribution in [3.8, 4) is 11.1 Å². The number of rotatable bonds is 4. The number of nitrogens with zero attached hydrogens (tertiary/aromatic N) is 1. The fraction of sp³-hybridized carbons (Fsp3) is 0.350. The first-order chi connectivity index (χ1) is 13.4. The Morgan fingerprint density at radius 2 is 1.64 bits per heavy atom. The molecule has 1 heterocycles. The molecule has 1 saturated heterocycles. The minimum Gasteiger partial charge on any atom is -0.450 e. The van der Waals surface area contributed by atoms with Crippen LogP contribution in [0.4, 0.5) is 10.5 Å². The van der Waals surface area contributed by atoms with Crippen molar-refractivity contribution < 1.29 is 23.1 Å². The van der Waals surface area contributed by atoms with Gasteiger partial charge in [-0.25, -0.2) is 13.2 Å². The molecule has 148 valence electrons. The molecule has 8 heteroatoms. The maximum Gasteiger partial charge on any atom is 0.507 e. The normalized spacial score (nSPS) is 24.8. The molecule has 4 rings (SSSR count). The van der Waals surface area contributed by atoms with Gasteiger partial charge in [-0.1, -0.05) is 30.7 Å². The summed E-state index contributed by atoms with van der Waals surface area (Å²) in [4.78, 5) is 11.2. The number of ether oxygens (including phenoxy) is 1. The Morgan fingerprint density at radius 3 is 2.25 bits per heavy atom. The molecule has 1 aliphatic heterocycles. The van der Waals surface area contributed by atoms with Crippen LogP contribution in [0.25, 0.3) is 11.1 Å². The third-order valence-electron chi connectivity index (χ3n) is 5.64. The van der Waals surface area contributed by atoms with Gasteiger partial charge < -0.3 is 15.6 Å². The van der Waals surface area contributed by atoms with Gasteiger partial charge in [0, 0.05) is 18.2 Å². The number of sulfonamides is 1. The number of carboxylic acid groups (broad SMARTS) is 1. The molecule has 2 aliphatic rings. The Labute approximate surface area is 163 Å². The summed E-state index contributed by atoms with van der Waals surface area (Å²) in [6.45, 7) is 0. The van der Waals surface area contributed by atoms with Crippen LogP contribution in [0.1, 0.15) is 25.7 Å². The number of carbonyl (C=O) groups is 1. The fourth-order valence-electron chi connectivity index (χ4n) is 4.37. The van der Waals surface area contributed by atoms with Crippen LogP contribution in [0, 0.1) is 5.92 Å². The molecular formula is C20H22N2O5S. The van der Waals surface area contributed by atoms with E-state index in [1.807, 2.05) is 12.1 Å². The maximum absolute atomic E-state index is 13.3. The minimum absolute atomic E-state index is 0.137. The zero-order chi connectivity index (χ0) is 19.9. The van der Waals surface area contributed by atoms with E-state index in [4.69, 9.17) is 15.6 Å². The van der Waals surface area contributed by atoms with Crippen LogP contribution in [-0.4, -0.2) is 36.3 Å². The molecule has 0 radical (unpaired) electrons. The van der Waals surface area contributed by atoms with E-state index in [0.29, 0.717) is 12.1 Å². The van der Waals surface area contributed by atoms with Crippen LogP contribution in [0.15, 0.2) is 53.4 Å². The van der Waals surface area contributed by atoms with Crippen LogP contribution < -0.4 is 5.73 Å². The van der Waals surface area contributed by atoms with Crippen LogP contribution in [-0.2, 0) is 14.8 Å². The molecule has 3 atom stereocenters. The van der Waals surface area contributed by atoms with Gasteiger partial charge in [-0.15, -0.1) is 0 Å². The van der Waals surface area contributed by atoms with Crippen molar-refractivity contribution in [1.29, 1.82) is 0 Å². The van der Waals surface area contributed by atoms with E-state index in [-0.39, 0.29) is 16.9 Å². The second-order valence-corrected chi connectivity index (χ2v) is 9.16. The molecule has 2 fully saturated rings. The number of hydrogen-bond acceptors (Lipinski definition) is 5. The first-order valence-electron chi connectivity index (χ1n) is 9.25. The molecule has 7 nitrogen and oxygen atoms in total. The smallest absolute Gasteiger partial charge is 0.450 e.